The van der Waals surface area contributed by atoms with Gasteiger partial charge in [-0.25, -0.2) is 0 Å². The lowest BCUT2D eigenvalue weighted by atomic mass is 10.0. The molecule has 1 heterocycles. The molecule has 0 saturated carbocycles. The fraction of sp³-hybridized carbons (Fsp3) is 0.176. The van der Waals surface area contributed by atoms with Crippen molar-refractivity contribution >= 4 is 27.8 Å². The van der Waals surface area contributed by atoms with Crippen LogP contribution in [0.2, 0.25) is 0 Å². The Kier molecular flexibility index (Phi) is 3.98. The second kappa shape index (κ2) is 5.93. The Bertz CT molecular complexity index is 727. The summed E-state index contributed by atoms with van der Waals surface area (Å²) in [7, 11) is 0. The first-order valence-electron chi connectivity index (χ1n) is 6.92. The number of carbonyl (C=O) groups is 2. The Hall–Kier alpha value is -2.14. The number of halogens is 1. The smallest absolute Gasteiger partial charge is 0.305 e. The van der Waals surface area contributed by atoms with Crippen LogP contribution in [-0.4, -0.2) is 21.9 Å². The highest BCUT2D eigenvalue weighted by molar-refractivity contribution is 9.10. The second-order valence-corrected chi connectivity index (χ2v) is 6.17. The van der Waals surface area contributed by atoms with Crippen molar-refractivity contribution < 1.29 is 14.7 Å². The van der Waals surface area contributed by atoms with E-state index in [0.717, 1.165) is 15.6 Å². The van der Waals surface area contributed by atoms with Crippen LogP contribution in [0.4, 0.5) is 0 Å². The maximum absolute atomic E-state index is 12.6. The van der Waals surface area contributed by atoms with Gasteiger partial charge in [0, 0.05) is 16.6 Å². The van der Waals surface area contributed by atoms with E-state index in [1.165, 1.54) is 0 Å². The summed E-state index contributed by atoms with van der Waals surface area (Å²) in [6, 6.07) is 14.4. The average molecular weight is 360 g/mol. The molecular formula is C17H14BrNO3. The number of rotatable bonds is 4. The summed E-state index contributed by atoms with van der Waals surface area (Å²) in [5.41, 5.74) is 2.43. The van der Waals surface area contributed by atoms with Gasteiger partial charge in [-0.1, -0.05) is 46.3 Å². The number of fused-ring (bicyclic) bond motifs is 1. The lowest BCUT2D eigenvalue weighted by molar-refractivity contribution is -0.138. The van der Waals surface area contributed by atoms with Gasteiger partial charge in [0.15, 0.2) is 0 Å². The first-order valence-corrected chi connectivity index (χ1v) is 7.71. The molecule has 3 rings (SSSR count). The summed E-state index contributed by atoms with van der Waals surface area (Å²) in [5, 5.41) is 9.22. The zero-order valence-corrected chi connectivity index (χ0v) is 13.3. The van der Waals surface area contributed by atoms with Crippen molar-refractivity contribution in [1.82, 2.24) is 4.90 Å². The van der Waals surface area contributed by atoms with Crippen LogP contribution in [0.15, 0.2) is 53.0 Å². The number of amides is 1. The quantitative estimate of drug-likeness (QED) is 0.906. The Balaban J connectivity index is 1.96. The zero-order valence-electron chi connectivity index (χ0n) is 11.7. The predicted octanol–water partition coefficient (Wildman–Crippen LogP) is 3.62. The summed E-state index contributed by atoms with van der Waals surface area (Å²) in [6.07, 6.45) is -0.110. The van der Waals surface area contributed by atoms with Crippen LogP contribution in [0.25, 0.3) is 0 Å². The molecule has 0 radical (unpaired) electrons. The first-order chi connectivity index (χ1) is 10.6. The van der Waals surface area contributed by atoms with Crippen LogP contribution < -0.4 is 0 Å². The number of carboxylic acid groups (broad SMARTS) is 1. The van der Waals surface area contributed by atoms with Gasteiger partial charge in [-0.15, -0.1) is 0 Å². The van der Waals surface area contributed by atoms with Crippen LogP contribution in [0.1, 0.15) is 33.9 Å². The van der Waals surface area contributed by atoms with Crippen LogP contribution in [0.3, 0.4) is 0 Å². The Morgan fingerprint density at radius 3 is 2.50 bits per heavy atom. The molecule has 5 heteroatoms. The second-order valence-electron chi connectivity index (χ2n) is 5.26. The van der Waals surface area contributed by atoms with E-state index in [0.29, 0.717) is 12.1 Å². The number of benzene rings is 2. The summed E-state index contributed by atoms with van der Waals surface area (Å²) in [5.74, 6) is -1.03. The fourth-order valence-electron chi connectivity index (χ4n) is 2.79. The third-order valence-corrected chi connectivity index (χ3v) is 4.38. The summed E-state index contributed by atoms with van der Waals surface area (Å²) in [6.45, 7) is 0.447. The predicted molar refractivity (Wildman–Crippen MR) is 85.5 cm³/mol. The molecule has 0 spiro atoms. The van der Waals surface area contributed by atoms with E-state index < -0.39 is 12.0 Å². The number of hydrogen-bond acceptors (Lipinski definition) is 2. The van der Waals surface area contributed by atoms with E-state index in [2.05, 4.69) is 15.9 Å². The third kappa shape index (κ3) is 2.76. The van der Waals surface area contributed by atoms with Gasteiger partial charge in [0.1, 0.15) is 0 Å². The summed E-state index contributed by atoms with van der Waals surface area (Å²) >= 11 is 3.37. The van der Waals surface area contributed by atoms with Gasteiger partial charge in [-0.05, 0) is 29.3 Å². The van der Waals surface area contributed by atoms with Gasteiger partial charge >= 0.3 is 5.97 Å². The molecule has 1 aliphatic rings. The van der Waals surface area contributed by atoms with Crippen molar-refractivity contribution in [2.75, 3.05) is 0 Å². The molecule has 1 aliphatic heterocycles. The van der Waals surface area contributed by atoms with Crippen molar-refractivity contribution in [3.8, 4) is 0 Å². The van der Waals surface area contributed by atoms with Crippen LogP contribution >= 0.6 is 15.9 Å². The summed E-state index contributed by atoms with van der Waals surface area (Å²) in [4.78, 5) is 25.5. The van der Waals surface area contributed by atoms with Gasteiger partial charge in [-0.2, -0.15) is 0 Å². The molecule has 112 valence electrons. The number of carbonyl (C=O) groups excluding carboxylic acids is 1. The minimum Gasteiger partial charge on any atom is -0.481 e. The highest BCUT2D eigenvalue weighted by Gasteiger charge is 2.34. The van der Waals surface area contributed by atoms with Gasteiger partial charge < -0.3 is 10.0 Å². The largest absolute Gasteiger partial charge is 0.481 e. The molecule has 22 heavy (non-hydrogen) atoms. The molecule has 0 unspecified atom stereocenters. The van der Waals surface area contributed by atoms with E-state index in [-0.39, 0.29) is 12.3 Å². The maximum atomic E-state index is 12.6. The number of carboxylic acids is 1. The fourth-order valence-corrected chi connectivity index (χ4v) is 3.05. The van der Waals surface area contributed by atoms with E-state index in [9.17, 15) is 14.7 Å². The van der Waals surface area contributed by atoms with E-state index in [1.807, 2.05) is 42.5 Å². The highest BCUT2D eigenvalue weighted by atomic mass is 79.9. The van der Waals surface area contributed by atoms with Crippen molar-refractivity contribution in [2.24, 2.45) is 0 Å². The molecule has 1 atom stereocenters. The standard InChI is InChI=1S/C17H14BrNO3/c18-13-7-5-11(6-8-13)15(9-16(20)21)19-10-12-3-1-2-4-14(12)17(19)22/h1-8,15H,9-10H2,(H,20,21)/t15-/m1/s1. The highest BCUT2D eigenvalue weighted by Crippen LogP contribution is 2.33. The van der Waals surface area contributed by atoms with Gasteiger partial charge in [0.2, 0.25) is 0 Å². The van der Waals surface area contributed by atoms with E-state index >= 15 is 0 Å². The van der Waals surface area contributed by atoms with Crippen molar-refractivity contribution in [3.63, 3.8) is 0 Å². The lowest BCUT2D eigenvalue weighted by Gasteiger charge is -2.27. The van der Waals surface area contributed by atoms with E-state index in [4.69, 9.17) is 0 Å². The van der Waals surface area contributed by atoms with Crippen molar-refractivity contribution in [1.29, 1.82) is 0 Å². The molecular weight excluding hydrogens is 346 g/mol. The molecule has 0 bridgehead atoms. The monoisotopic (exact) mass is 359 g/mol. The lowest BCUT2D eigenvalue weighted by Crippen LogP contribution is -2.30. The van der Waals surface area contributed by atoms with Crippen molar-refractivity contribution in [2.45, 2.75) is 19.0 Å². The Morgan fingerprint density at radius 2 is 1.86 bits per heavy atom. The van der Waals surface area contributed by atoms with Gasteiger partial charge in [0.05, 0.1) is 12.5 Å². The molecule has 0 aromatic heterocycles. The van der Waals surface area contributed by atoms with Crippen LogP contribution in [-0.2, 0) is 11.3 Å². The maximum Gasteiger partial charge on any atom is 0.305 e. The topological polar surface area (TPSA) is 57.6 Å². The third-order valence-electron chi connectivity index (χ3n) is 3.85. The molecule has 4 nitrogen and oxygen atoms in total. The number of hydrogen-bond donors (Lipinski definition) is 1. The van der Waals surface area contributed by atoms with E-state index in [1.54, 1.807) is 11.0 Å². The number of nitrogens with zero attached hydrogens (tertiary/aromatic N) is 1. The first kappa shape index (κ1) is 14.8. The molecule has 2 aromatic rings. The van der Waals surface area contributed by atoms with Gasteiger partial charge in [-0.3, -0.25) is 9.59 Å². The molecule has 0 fully saturated rings. The van der Waals surface area contributed by atoms with Crippen molar-refractivity contribution in [3.05, 3.63) is 69.7 Å². The zero-order chi connectivity index (χ0) is 15.7. The van der Waals surface area contributed by atoms with Gasteiger partial charge in [0.25, 0.3) is 5.91 Å². The summed E-state index contributed by atoms with van der Waals surface area (Å²) < 4.78 is 0.918. The minimum absolute atomic E-state index is 0.107. The SMILES string of the molecule is O=C(O)C[C@H](c1ccc(Br)cc1)N1Cc2ccccc2C1=O. The normalized spacial score (nSPS) is 14.8. The Labute approximate surface area is 136 Å². The van der Waals surface area contributed by atoms with Crippen LogP contribution in [0.5, 0.6) is 0 Å². The molecule has 2 aromatic carbocycles. The average Bonchev–Trinajstić information content (AvgIpc) is 2.83. The molecule has 0 saturated heterocycles. The van der Waals surface area contributed by atoms with Crippen LogP contribution in [0, 0.1) is 0 Å². The molecule has 1 amide bonds. The molecule has 1 N–H and O–H groups in total. The Morgan fingerprint density at radius 1 is 1.18 bits per heavy atom. The minimum atomic E-state index is -0.920. The molecule has 0 aliphatic carbocycles. The number of aliphatic carboxylic acids is 1.